The zero-order chi connectivity index (χ0) is 48.5. The summed E-state index contributed by atoms with van der Waals surface area (Å²) in [6.45, 7) is 4.90. The van der Waals surface area contributed by atoms with Crippen molar-refractivity contribution in [1.82, 2.24) is 5.32 Å². The standard InChI is InChI=1S/C57H111N2O6P/c1-6-8-10-12-14-16-18-20-22-24-26-27-28-29-30-31-33-35-37-39-41-43-45-47-49-51-57(61)58-55(54-65-66(62,63)64-53-52-59(3,4)5)56(60)50-48-46-44-42-40-38-36-34-32-25-23-21-19-17-15-13-11-9-7-2/h18,20,24,26,28-29,55-56,60H,6-17,19,21-23,25,27,30-54H2,1-5H3,(H-,58,61,62,63)/p+1/b20-18-,26-24-,29-28-. The van der Waals surface area contributed by atoms with Gasteiger partial charge in [-0.25, -0.2) is 4.57 Å². The molecule has 0 aromatic rings. The summed E-state index contributed by atoms with van der Waals surface area (Å²) in [5.41, 5.74) is 0. The number of allylic oxidation sites excluding steroid dienone is 6. The summed E-state index contributed by atoms with van der Waals surface area (Å²) < 4.78 is 23.8. The van der Waals surface area contributed by atoms with Crippen molar-refractivity contribution in [2.24, 2.45) is 0 Å². The second kappa shape index (κ2) is 48.7. The second-order valence-corrected chi connectivity index (χ2v) is 22.1. The minimum absolute atomic E-state index is 0.0740. The van der Waals surface area contributed by atoms with E-state index in [-0.39, 0.29) is 19.1 Å². The number of hydrogen-bond donors (Lipinski definition) is 3. The van der Waals surface area contributed by atoms with Gasteiger partial charge in [0.2, 0.25) is 5.91 Å². The first-order chi connectivity index (χ1) is 32.0. The van der Waals surface area contributed by atoms with E-state index in [1.807, 2.05) is 21.1 Å². The van der Waals surface area contributed by atoms with Crippen molar-refractivity contribution in [2.75, 3.05) is 40.9 Å². The molecule has 0 aliphatic carbocycles. The van der Waals surface area contributed by atoms with Crippen molar-refractivity contribution in [1.29, 1.82) is 0 Å². The maximum Gasteiger partial charge on any atom is 0.472 e. The normalized spacial score (nSPS) is 14.2. The Labute approximate surface area is 410 Å². The highest BCUT2D eigenvalue weighted by molar-refractivity contribution is 7.47. The first-order valence-electron chi connectivity index (χ1n) is 28.4. The molecule has 0 rings (SSSR count). The Bertz CT molecular complexity index is 1170. The highest BCUT2D eigenvalue weighted by Crippen LogP contribution is 2.43. The van der Waals surface area contributed by atoms with Crippen LogP contribution in [0.5, 0.6) is 0 Å². The average molecular weight is 953 g/mol. The molecule has 0 fully saturated rings. The highest BCUT2D eigenvalue weighted by atomic mass is 31.2. The highest BCUT2D eigenvalue weighted by Gasteiger charge is 2.28. The van der Waals surface area contributed by atoms with Crippen LogP contribution in [0.2, 0.25) is 0 Å². The number of carbonyl (C=O) groups is 1. The van der Waals surface area contributed by atoms with Gasteiger partial charge in [-0.2, -0.15) is 0 Å². The second-order valence-electron chi connectivity index (χ2n) is 20.7. The van der Waals surface area contributed by atoms with E-state index in [0.717, 1.165) is 51.4 Å². The number of aliphatic hydroxyl groups is 1. The van der Waals surface area contributed by atoms with Gasteiger partial charge in [0.05, 0.1) is 39.9 Å². The molecule has 0 bridgehead atoms. The Morgan fingerprint density at radius 1 is 0.515 bits per heavy atom. The lowest BCUT2D eigenvalue weighted by Crippen LogP contribution is -2.46. The van der Waals surface area contributed by atoms with Crippen LogP contribution < -0.4 is 5.32 Å². The summed E-state index contributed by atoms with van der Waals surface area (Å²) in [6.07, 6.45) is 61.9. The zero-order valence-electron chi connectivity index (χ0n) is 44.4. The van der Waals surface area contributed by atoms with Crippen LogP contribution in [0, 0.1) is 0 Å². The van der Waals surface area contributed by atoms with Crippen LogP contribution in [-0.2, 0) is 18.4 Å². The summed E-state index contributed by atoms with van der Waals surface area (Å²) in [5.74, 6) is -0.146. The van der Waals surface area contributed by atoms with Gasteiger partial charge in [-0.05, 0) is 51.4 Å². The number of carbonyl (C=O) groups excluding carboxylic acids is 1. The summed E-state index contributed by atoms with van der Waals surface area (Å²) in [5, 5.41) is 14.1. The minimum atomic E-state index is -4.32. The van der Waals surface area contributed by atoms with Crippen molar-refractivity contribution in [3.63, 3.8) is 0 Å². The third kappa shape index (κ3) is 50.6. The van der Waals surface area contributed by atoms with Crippen LogP contribution in [-0.4, -0.2) is 73.4 Å². The molecule has 0 saturated carbocycles. The van der Waals surface area contributed by atoms with Gasteiger partial charge in [-0.3, -0.25) is 13.8 Å². The third-order valence-corrected chi connectivity index (χ3v) is 13.9. The summed E-state index contributed by atoms with van der Waals surface area (Å²) in [4.78, 5) is 23.3. The molecule has 0 aromatic carbocycles. The fraction of sp³-hybridized carbons (Fsp3) is 0.877. The number of phosphoric acid groups is 1. The number of amides is 1. The molecule has 3 unspecified atom stereocenters. The molecule has 0 aromatic heterocycles. The molecule has 1 amide bonds. The average Bonchev–Trinajstić information content (AvgIpc) is 3.28. The number of rotatable bonds is 52. The smallest absolute Gasteiger partial charge is 0.391 e. The minimum Gasteiger partial charge on any atom is -0.391 e. The summed E-state index contributed by atoms with van der Waals surface area (Å²) in [6, 6.07) is -0.763. The van der Waals surface area contributed by atoms with Crippen LogP contribution in [0.15, 0.2) is 36.5 Å². The van der Waals surface area contributed by atoms with E-state index in [1.165, 1.54) is 193 Å². The van der Waals surface area contributed by atoms with Crippen molar-refractivity contribution < 1.29 is 32.9 Å². The maximum absolute atomic E-state index is 13.0. The van der Waals surface area contributed by atoms with Gasteiger partial charge < -0.3 is 19.8 Å². The SMILES string of the molecule is CCCCCCC/C=C\C/C=C\C/C=C\CCCCCCCCCCCCC(=O)NC(COP(=O)(O)OCC[N+](C)(C)C)C(O)CCCCCCCCCCCCCCCCCCCCC. The lowest BCUT2D eigenvalue weighted by molar-refractivity contribution is -0.870. The molecule has 3 atom stereocenters. The molecule has 390 valence electrons. The number of hydrogen-bond acceptors (Lipinski definition) is 5. The van der Waals surface area contributed by atoms with Crippen LogP contribution >= 0.6 is 7.82 Å². The summed E-state index contributed by atoms with van der Waals surface area (Å²) >= 11 is 0. The van der Waals surface area contributed by atoms with Crippen molar-refractivity contribution in [3.05, 3.63) is 36.5 Å². The molecular weight excluding hydrogens is 840 g/mol. The van der Waals surface area contributed by atoms with Gasteiger partial charge in [0.15, 0.2) is 0 Å². The summed E-state index contributed by atoms with van der Waals surface area (Å²) in [7, 11) is 1.62. The predicted molar refractivity (Wildman–Crippen MR) is 286 cm³/mol. The fourth-order valence-electron chi connectivity index (χ4n) is 8.41. The van der Waals surface area contributed by atoms with Gasteiger partial charge >= 0.3 is 7.82 Å². The van der Waals surface area contributed by atoms with E-state index in [9.17, 15) is 19.4 Å². The lowest BCUT2D eigenvalue weighted by atomic mass is 10.0. The molecule has 3 N–H and O–H groups in total. The Kier molecular flexibility index (Phi) is 47.8. The fourth-order valence-corrected chi connectivity index (χ4v) is 9.14. The zero-order valence-corrected chi connectivity index (χ0v) is 45.3. The van der Waals surface area contributed by atoms with E-state index in [2.05, 4.69) is 55.6 Å². The number of unbranched alkanes of at least 4 members (excludes halogenated alkanes) is 33. The largest absolute Gasteiger partial charge is 0.472 e. The molecule has 9 heteroatoms. The van der Waals surface area contributed by atoms with Crippen molar-refractivity contribution >= 4 is 13.7 Å². The van der Waals surface area contributed by atoms with Crippen LogP contribution in [0.1, 0.15) is 271 Å². The van der Waals surface area contributed by atoms with Gasteiger partial charge in [0, 0.05) is 6.42 Å². The van der Waals surface area contributed by atoms with Crippen LogP contribution in [0.25, 0.3) is 0 Å². The maximum atomic E-state index is 13.0. The number of quaternary nitrogens is 1. The van der Waals surface area contributed by atoms with E-state index < -0.39 is 20.0 Å². The molecule has 0 saturated heterocycles. The number of nitrogens with zero attached hydrogens (tertiary/aromatic N) is 1. The third-order valence-electron chi connectivity index (χ3n) is 12.9. The predicted octanol–water partition coefficient (Wildman–Crippen LogP) is 17.0. The Balaban J connectivity index is 4.19. The quantitative estimate of drug-likeness (QED) is 0.0243. The van der Waals surface area contributed by atoms with Crippen LogP contribution in [0.4, 0.5) is 0 Å². The Hall–Kier alpha value is -1.28. The Morgan fingerprint density at radius 3 is 1.26 bits per heavy atom. The van der Waals surface area contributed by atoms with Crippen molar-refractivity contribution in [3.8, 4) is 0 Å². The molecule has 0 aliphatic heterocycles. The molecule has 8 nitrogen and oxygen atoms in total. The molecule has 0 heterocycles. The lowest BCUT2D eigenvalue weighted by Gasteiger charge is -2.26. The van der Waals surface area contributed by atoms with E-state index in [1.54, 1.807) is 0 Å². The van der Waals surface area contributed by atoms with Crippen molar-refractivity contribution in [2.45, 2.75) is 283 Å². The number of phosphoric ester groups is 1. The van der Waals surface area contributed by atoms with E-state index in [0.29, 0.717) is 23.9 Å². The molecule has 0 radical (unpaired) electrons. The molecule has 66 heavy (non-hydrogen) atoms. The molecule has 0 aliphatic rings. The monoisotopic (exact) mass is 952 g/mol. The molecule has 0 spiro atoms. The molecular formula is C57H112N2O6P+. The topological polar surface area (TPSA) is 105 Å². The van der Waals surface area contributed by atoms with E-state index >= 15 is 0 Å². The first-order valence-corrected chi connectivity index (χ1v) is 29.8. The first kappa shape index (κ1) is 64.7. The number of aliphatic hydroxyl groups excluding tert-OH is 1. The van der Waals surface area contributed by atoms with Gasteiger partial charge in [0.1, 0.15) is 13.2 Å². The van der Waals surface area contributed by atoms with Gasteiger partial charge in [-0.15, -0.1) is 0 Å². The number of nitrogens with one attached hydrogen (secondary N) is 1. The van der Waals surface area contributed by atoms with Gasteiger partial charge in [-0.1, -0.05) is 249 Å². The Morgan fingerprint density at radius 2 is 0.864 bits per heavy atom. The van der Waals surface area contributed by atoms with E-state index in [4.69, 9.17) is 9.05 Å². The van der Waals surface area contributed by atoms with Gasteiger partial charge in [0.25, 0.3) is 0 Å². The number of likely N-dealkylation sites (N-methyl/N-ethyl adjacent to an activating group) is 1. The van der Waals surface area contributed by atoms with Crippen LogP contribution in [0.3, 0.4) is 0 Å².